The molecule has 26 valence electrons. The fourth-order valence-electron chi connectivity index (χ4n) is 0. The first-order valence-corrected chi connectivity index (χ1v) is 1.07. The van der Waals surface area contributed by atoms with Crippen LogP contribution in [0.25, 0.3) is 0 Å². The summed E-state index contributed by atoms with van der Waals surface area (Å²) in [5.41, 5.74) is 0. The fraction of sp³-hybridized carbons (Fsp3) is 1.00. The van der Waals surface area contributed by atoms with Crippen LogP contribution in [0.5, 0.6) is 0 Å². The Hall–Kier alpha value is 0.517. The molecule has 0 rings (SSSR count). The molecule has 0 radical (unpaired) electrons. The number of hydrogen-bond donors (Lipinski definition) is 1. The summed E-state index contributed by atoms with van der Waals surface area (Å²) in [6.07, 6.45) is -1.42. The Balaban J connectivity index is 0. The number of aliphatic hydroxyl groups is 1. The van der Waals surface area contributed by atoms with E-state index in [2.05, 4.69) is 0 Å². The van der Waals surface area contributed by atoms with Crippen molar-refractivity contribution in [3.63, 3.8) is 0 Å². The summed E-state index contributed by atoms with van der Waals surface area (Å²) in [4.78, 5) is 0. The van der Waals surface area contributed by atoms with E-state index in [9.17, 15) is 0 Å². The zero-order chi connectivity index (χ0) is 3.58. The van der Waals surface area contributed by atoms with Gasteiger partial charge in [-0.05, 0) is 6.29 Å². The molecule has 0 bridgehead atoms. The maximum absolute atomic E-state index is 9.08. The molecule has 1 atom stereocenters. The minimum Gasteiger partial charge on any atom is -0.831 e. The van der Waals surface area contributed by atoms with Gasteiger partial charge in [-0.1, -0.05) is 6.92 Å². The molecule has 2 nitrogen and oxygen atoms in total. The number of rotatable bonds is 0. The van der Waals surface area contributed by atoms with Crippen LogP contribution in [-0.2, 0) is 0 Å². The van der Waals surface area contributed by atoms with Crippen molar-refractivity contribution in [3.05, 3.63) is 0 Å². The molecular weight excluding hydrogens is 63.0 g/mol. The van der Waals surface area contributed by atoms with Gasteiger partial charge in [-0.2, -0.15) is 0 Å². The second-order valence-corrected chi connectivity index (χ2v) is 0.599. The molecule has 3 heteroatoms. The van der Waals surface area contributed by atoms with E-state index in [1.54, 1.807) is 0 Å². The summed E-state index contributed by atoms with van der Waals surface area (Å²) < 4.78 is 0. The van der Waals surface area contributed by atoms with E-state index in [1.807, 2.05) is 0 Å². The van der Waals surface area contributed by atoms with Crippen molar-refractivity contribution in [2.24, 2.45) is 0 Å². The summed E-state index contributed by atoms with van der Waals surface area (Å²) in [7, 11) is 0. The molecule has 0 aromatic heterocycles. The quantitative estimate of drug-likeness (QED) is 0.230. The zero-order valence-corrected chi connectivity index (χ0v) is 3.43. The third-order valence-electron chi connectivity index (χ3n) is 0. The number of aliphatic hydroxyl groups excluding tert-OH is 1. The van der Waals surface area contributed by atoms with Gasteiger partial charge in [0.2, 0.25) is 0 Å². The molecule has 0 aromatic carbocycles. The molecule has 0 aliphatic rings. The first-order chi connectivity index (χ1) is 1.73. The van der Waals surface area contributed by atoms with Crippen LogP contribution in [0.2, 0.25) is 0 Å². The summed E-state index contributed by atoms with van der Waals surface area (Å²) in [5.74, 6) is 0. The number of hydrogen-bond acceptors (Lipinski definition) is 2. The van der Waals surface area contributed by atoms with E-state index in [-0.39, 0.29) is 18.9 Å². The topological polar surface area (TPSA) is 43.3 Å². The molecule has 0 fully saturated rings. The Kier molecular flexibility index (Phi) is 8.22. The van der Waals surface area contributed by atoms with Gasteiger partial charge in [0.15, 0.2) is 0 Å². The third-order valence-corrected chi connectivity index (χ3v) is 0. The maximum atomic E-state index is 9.08. The molecule has 0 aromatic rings. The predicted molar refractivity (Wildman–Crippen MR) is 11.7 cm³/mol. The van der Waals surface area contributed by atoms with Gasteiger partial charge in [0.1, 0.15) is 0 Å². The molecule has 0 aliphatic carbocycles. The van der Waals surface area contributed by atoms with Crippen molar-refractivity contribution in [2.45, 2.75) is 13.2 Å². The first kappa shape index (κ1) is 9.10. The van der Waals surface area contributed by atoms with Gasteiger partial charge in [0, 0.05) is 0 Å². The molecule has 0 saturated carbocycles. The molecule has 5 heavy (non-hydrogen) atoms. The Bertz CT molecular complexity index is 12.4. The minimum absolute atomic E-state index is 0. The SMILES string of the molecule is CC([O-])O.[Li+]. The molecule has 1 unspecified atom stereocenters. The minimum atomic E-state index is -1.42. The second kappa shape index (κ2) is 4.52. The molecule has 0 heterocycles. The summed E-state index contributed by atoms with van der Waals surface area (Å²) >= 11 is 0. The molecule has 0 aliphatic heterocycles. The average molecular weight is 68.0 g/mol. The van der Waals surface area contributed by atoms with Gasteiger partial charge < -0.3 is 10.2 Å². The van der Waals surface area contributed by atoms with Gasteiger partial charge in [0.25, 0.3) is 0 Å². The zero-order valence-electron chi connectivity index (χ0n) is 3.43. The smallest absolute Gasteiger partial charge is 0.831 e. The molecule has 1 N–H and O–H groups in total. The van der Waals surface area contributed by atoms with Gasteiger partial charge in [-0.3, -0.25) is 0 Å². The summed E-state index contributed by atoms with van der Waals surface area (Å²) in [6, 6.07) is 0. The van der Waals surface area contributed by atoms with E-state index in [4.69, 9.17) is 10.2 Å². The molecule has 0 amide bonds. The average Bonchev–Trinajstić information content (AvgIpc) is 0.811. The second-order valence-electron chi connectivity index (χ2n) is 0.599. The van der Waals surface area contributed by atoms with Crippen LogP contribution in [0, 0.1) is 0 Å². The van der Waals surface area contributed by atoms with Crippen molar-refractivity contribution in [1.29, 1.82) is 0 Å². The summed E-state index contributed by atoms with van der Waals surface area (Å²) in [5, 5.41) is 16.6. The van der Waals surface area contributed by atoms with Crippen molar-refractivity contribution in [3.8, 4) is 0 Å². The largest absolute Gasteiger partial charge is 1.00 e. The Morgan fingerprint density at radius 1 is 1.80 bits per heavy atom. The van der Waals surface area contributed by atoms with E-state index in [1.165, 1.54) is 6.92 Å². The Morgan fingerprint density at radius 2 is 1.80 bits per heavy atom. The van der Waals surface area contributed by atoms with Crippen LogP contribution in [0.4, 0.5) is 0 Å². The maximum Gasteiger partial charge on any atom is 1.00 e. The third kappa shape index (κ3) is 107. The van der Waals surface area contributed by atoms with Gasteiger partial charge in [0.05, 0.1) is 0 Å². The summed E-state index contributed by atoms with van der Waals surface area (Å²) in [6.45, 7) is 1.17. The Morgan fingerprint density at radius 3 is 1.80 bits per heavy atom. The van der Waals surface area contributed by atoms with E-state index in [0.717, 1.165) is 0 Å². The molecular formula is C2H5LiO2. The van der Waals surface area contributed by atoms with Crippen LogP contribution in [0.15, 0.2) is 0 Å². The van der Waals surface area contributed by atoms with Crippen LogP contribution in [-0.4, -0.2) is 11.4 Å². The van der Waals surface area contributed by atoms with Crippen molar-refractivity contribution < 1.29 is 29.1 Å². The van der Waals surface area contributed by atoms with Gasteiger partial charge >= 0.3 is 18.9 Å². The van der Waals surface area contributed by atoms with E-state index >= 15 is 0 Å². The van der Waals surface area contributed by atoms with Crippen LogP contribution < -0.4 is 24.0 Å². The van der Waals surface area contributed by atoms with Gasteiger partial charge in [-0.15, -0.1) is 0 Å². The molecule has 0 spiro atoms. The van der Waals surface area contributed by atoms with E-state index in [0.29, 0.717) is 0 Å². The molecule has 0 saturated heterocycles. The fourth-order valence-corrected chi connectivity index (χ4v) is 0. The van der Waals surface area contributed by atoms with Crippen LogP contribution >= 0.6 is 0 Å². The van der Waals surface area contributed by atoms with Crippen molar-refractivity contribution in [1.82, 2.24) is 0 Å². The Labute approximate surface area is 43.0 Å². The van der Waals surface area contributed by atoms with Crippen molar-refractivity contribution >= 4 is 0 Å². The van der Waals surface area contributed by atoms with Crippen LogP contribution in [0.1, 0.15) is 6.92 Å². The van der Waals surface area contributed by atoms with E-state index < -0.39 is 6.29 Å². The van der Waals surface area contributed by atoms with Gasteiger partial charge in [-0.25, -0.2) is 0 Å². The standard InChI is InChI=1S/C2H5O2.Li/c1-2(3)4;/h2-3H,1H3;/q-1;+1. The monoisotopic (exact) mass is 68.0 g/mol. The normalized spacial score (nSPS) is 12.6. The van der Waals surface area contributed by atoms with Crippen molar-refractivity contribution in [2.75, 3.05) is 0 Å². The van der Waals surface area contributed by atoms with Crippen LogP contribution in [0.3, 0.4) is 0 Å². The predicted octanol–water partition coefficient (Wildman–Crippen LogP) is -4.31. The first-order valence-electron chi connectivity index (χ1n) is 1.07.